The van der Waals surface area contributed by atoms with Crippen LogP contribution >= 0.6 is 7.60 Å². The number of hydrogen-bond donors (Lipinski definition) is 0. The van der Waals surface area contributed by atoms with Crippen LogP contribution in [-0.2, 0) is 13.6 Å². The summed E-state index contributed by atoms with van der Waals surface area (Å²) in [6.07, 6.45) is 2.51. The van der Waals surface area contributed by atoms with Crippen molar-refractivity contribution in [2.75, 3.05) is 32.6 Å². The van der Waals surface area contributed by atoms with Gasteiger partial charge < -0.3 is 9.05 Å². The zero-order valence-corrected chi connectivity index (χ0v) is 15.1. The van der Waals surface area contributed by atoms with Crippen molar-refractivity contribution in [1.29, 1.82) is 0 Å². The molecular weight excluding hydrogens is 273 g/mol. The second-order valence-electron chi connectivity index (χ2n) is 6.25. The minimum absolute atomic E-state index is 0.358. The molecule has 0 saturated carbocycles. The zero-order valence-electron chi connectivity index (χ0n) is 14.2. The van der Waals surface area contributed by atoms with Gasteiger partial charge in [0.25, 0.3) is 0 Å². The highest BCUT2D eigenvalue weighted by Crippen LogP contribution is 2.49. The molecule has 20 heavy (non-hydrogen) atoms. The predicted octanol–water partition coefficient (Wildman–Crippen LogP) is 4.60. The Bertz CT molecular complexity index is 260. The lowest BCUT2D eigenvalue weighted by Gasteiger charge is -2.27. The lowest BCUT2D eigenvalue weighted by Crippen LogP contribution is -2.28. The molecule has 0 heterocycles. The summed E-state index contributed by atoms with van der Waals surface area (Å²) < 4.78 is 24.2. The monoisotopic (exact) mass is 307 g/mol. The molecule has 0 aliphatic carbocycles. The first-order valence-electron chi connectivity index (χ1n) is 7.93. The largest absolute Gasteiger partial charge is 0.344 e. The van der Waals surface area contributed by atoms with E-state index in [1.807, 2.05) is 0 Å². The van der Waals surface area contributed by atoms with Gasteiger partial charge in [0.2, 0.25) is 0 Å². The molecule has 0 aliphatic rings. The van der Waals surface area contributed by atoms with E-state index in [-0.39, 0.29) is 0 Å². The van der Waals surface area contributed by atoms with Gasteiger partial charge in [-0.05, 0) is 37.8 Å². The first-order valence-corrected chi connectivity index (χ1v) is 9.66. The molecule has 0 rings (SSSR count). The van der Waals surface area contributed by atoms with Gasteiger partial charge in [-0.3, -0.25) is 9.46 Å². The van der Waals surface area contributed by atoms with E-state index in [0.717, 1.165) is 25.9 Å². The Morgan fingerprint density at radius 2 is 1.30 bits per heavy atom. The maximum atomic E-state index is 12.9. The fraction of sp³-hybridized carbons (Fsp3) is 1.00. The number of nitrogens with zero attached hydrogens (tertiary/aromatic N) is 1. The molecule has 0 fully saturated rings. The maximum Gasteiger partial charge on any atom is 0.344 e. The van der Waals surface area contributed by atoms with Gasteiger partial charge in [-0.15, -0.1) is 0 Å². The summed E-state index contributed by atoms with van der Waals surface area (Å²) in [6, 6.07) is 0. The summed E-state index contributed by atoms with van der Waals surface area (Å²) >= 11 is 0. The highest BCUT2D eigenvalue weighted by atomic mass is 31.2. The molecule has 0 bridgehead atoms. The van der Waals surface area contributed by atoms with Crippen LogP contribution in [0.1, 0.15) is 54.4 Å². The van der Waals surface area contributed by atoms with E-state index in [4.69, 9.17) is 9.05 Å². The quantitative estimate of drug-likeness (QED) is 0.494. The smallest absolute Gasteiger partial charge is 0.307 e. The second-order valence-corrected chi connectivity index (χ2v) is 8.27. The molecule has 122 valence electrons. The van der Waals surface area contributed by atoms with E-state index in [2.05, 4.69) is 46.4 Å². The number of rotatable bonds is 12. The Morgan fingerprint density at radius 1 is 0.900 bits per heavy atom. The Morgan fingerprint density at radius 3 is 1.60 bits per heavy atom. The van der Waals surface area contributed by atoms with Crippen LogP contribution in [0.5, 0.6) is 0 Å². The molecule has 0 N–H and O–H groups in total. The van der Waals surface area contributed by atoms with Crippen molar-refractivity contribution >= 4 is 7.60 Å². The highest BCUT2D eigenvalue weighted by Gasteiger charge is 2.28. The first kappa shape index (κ1) is 20.1. The van der Waals surface area contributed by atoms with Crippen LogP contribution in [0.15, 0.2) is 0 Å². The van der Waals surface area contributed by atoms with Crippen LogP contribution in [0.25, 0.3) is 0 Å². The average molecular weight is 307 g/mol. The molecule has 0 atom stereocenters. The third-order valence-corrected chi connectivity index (χ3v) is 4.49. The van der Waals surface area contributed by atoms with Crippen LogP contribution in [0.3, 0.4) is 0 Å². The summed E-state index contributed by atoms with van der Waals surface area (Å²) in [5.41, 5.74) is 0. The molecule has 0 aromatic heterocycles. The molecule has 0 radical (unpaired) electrons. The molecule has 0 unspecified atom stereocenters. The van der Waals surface area contributed by atoms with Crippen LogP contribution in [0.2, 0.25) is 0 Å². The lowest BCUT2D eigenvalue weighted by molar-refractivity contribution is 0.158. The molecule has 0 aromatic carbocycles. The fourth-order valence-corrected chi connectivity index (χ4v) is 3.84. The van der Waals surface area contributed by atoms with Crippen molar-refractivity contribution in [3.63, 3.8) is 0 Å². The molecule has 0 saturated heterocycles. The summed E-state index contributed by atoms with van der Waals surface area (Å²) in [6.45, 7) is 15.4. The molecule has 5 heteroatoms. The number of hydrogen-bond acceptors (Lipinski definition) is 4. The zero-order chi connectivity index (χ0) is 15.6. The third-order valence-electron chi connectivity index (χ3n) is 2.66. The van der Waals surface area contributed by atoms with Crippen molar-refractivity contribution in [2.45, 2.75) is 54.4 Å². The topological polar surface area (TPSA) is 38.8 Å². The van der Waals surface area contributed by atoms with Gasteiger partial charge in [0, 0.05) is 0 Å². The Balaban J connectivity index is 4.65. The third kappa shape index (κ3) is 9.93. The van der Waals surface area contributed by atoms with Crippen molar-refractivity contribution in [1.82, 2.24) is 4.90 Å². The summed E-state index contributed by atoms with van der Waals surface area (Å²) in [4.78, 5) is 2.20. The Labute approximate surface area is 125 Å². The van der Waals surface area contributed by atoms with E-state index < -0.39 is 7.60 Å². The van der Waals surface area contributed by atoms with Crippen molar-refractivity contribution in [3.05, 3.63) is 0 Å². The Hall–Kier alpha value is 0.110. The molecule has 0 aromatic rings. The van der Waals surface area contributed by atoms with Gasteiger partial charge in [0.15, 0.2) is 0 Å². The predicted molar refractivity (Wildman–Crippen MR) is 86.2 cm³/mol. The molecule has 0 aliphatic heterocycles. The van der Waals surface area contributed by atoms with E-state index in [0.29, 0.717) is 31.3 Å². The van der Waals surface area contributed by atoms with Gasteiger partial charge in [0.05, 0.1) is 13.2 Å². The van der Waals surface area contributed by atoms with E-state index in [1.54, 1.807) is 0 Å². The van der Waals surface area contributed by atoms with Gasteiger partial charge in [-0.2, -0.15) is 0 Å². The van der Waals surface area contributed by atoms with Crippen molar-refractivity contribution in [3.8, 4) is 0 Å². The van der Waals surface area contributed by atoms with Crippen LogP contribution in [0, 0.1) is 11.8 Å². The van der Waals surface area contributed by atoms with E-state index in [9.17, 15) is 4.57 Å². The van der Waals surface area contributed by atoms with Crippen LogP contribution < -0.4 is 0 Å². The Kier molecular flexibility index (Phi) is 10.8. The molecular formula is C15H34NO3P. The SMILES string of the molecule is CCCN(CCC)CP(=O)(OCC(C)C)OCC(C)C. The van der Waals surface area contributed by atoms with Gasteiger partial charge in [0.1, 0.15) is 6.29 Å². The fourth-order valence-electron chi connectivity index (χ4n) is 1.77. The summed E-state index contributed by atoms with van der Waals surface area (Å²) in [5.74, 6) is 0.716. The minimum Gasteiger partial charge on any atom is -0.307 e. The van der Waals surface area contributed by atoms with Gasteiger partial charge >= 0.3 is 7.60 Å². The van der Waals surface area contributed by atoms with Crippen molar-refractivity contribution < 1.29 is 13.6 Å². The normalized spacial score (nSPS) is 12.8. The maximum absolute atomic E-state index is 12.9. The molecule has 4 nitrogen and oxygen atoms in total. The first-order chi connectivity index (χ1) is 9.33. The summed E-state index contributed by atoms with van der Waals surface area (Å²) in [5, 5.41) is 0. The van der Waals surface area contributed by atoms with Crippen LogP contribution in [0.4, 0.5) is 0 Å². The van der Waals surface area contributed by atoms with Crippen LogP contribution in [-0.4, -0.2) is 37.5 Å². The molecule has 0 amide bonds. The van der Waals surface area contributed by atoms with Gasteiger partial charge in [-0.25, -0.2) is 0 Å². The second kappa shape index (κ2) is 10.8. The minimum atomic E-state index is -3.02. The van der Waals surface area contributed by atoms with E-state index in [1.165, 1.54) is 0 Å². The average Bonchev–Trinajstić information content (AvgIpc) is 2.35. The highest BCUT2D eigenvalue weighted by molar-refractivity contribution is 7.53. The summed E-state index contributed by atoms with van der Waals surface area (Å²) in [7, 11) is -3.02. The van der Waals surface area contributed by atoms with Gasteiger partial charge in [-0.1, -0.05) is 41.5 Å². The lowest BCUT2D eigenvalue weighted by atomic mass is 10.2. The van der Waals surface area contributed by atoms with Crippen molar-refractivity contribution in [2.24, 2.45) is 11.8 Å². The standard InChI is InChI=1S/C15H34NO3P/c1-7-9-16(10-8-2)13-20(17,18-11-14(3)4)19-12-15(5)6/h14-15H,7-13H2,1-6H3. The van der Waals surface area contributed by atoms with E-state index >= 15 is 0 Å². The molecule has 0 spiro atoms.